The Morgan fingerprint density at radius 2 is 2.00 bits per heavy atom. The number of hydrogen-bond donors (Lipinski definition) is 1. The van der Waals surface area contributed by atoms with Crippen LogP contribution in [0.1, 0.15) is 30.5 Å². The maximum Gasteiger partial charge on any atom is 0.419 e. The SMILES string of the molecule is C=C(C)CC(N)c1ccc(F)c(C(F)(F)F)c1. The van der Waals surface area contributed by atoms with Gasteiger partial charge in [-0.3, -0.25) is 0 Å². The van der Waals surface area contributed by atoms with Crippen LogP contribution in [0.5, 0.6) is 0 Å². The Labute approximate surface area is 96.9 Å². The molecular weight excluding hydrogens is 234 g/mol. The Morgan fingerprint density at radius 3 is 2.47 bits per heavy atom. The highest BCUT2D eigenvalue weighted by Crippen LogP contribution is 2.33. The van der Waals surface area contributed by atoms with Gasteiger partial charge in [-0.25, -0.2) is 4.39 Å². The topological polar surface area (TPSA) is 26.0 Å². The third-order valence-electron chi connectivity index (χ3n) is 2.29. The minimum absolute atomic E-state index is 0.252. The lowest BCUT2D eigenvalue weighted by molar-refractivity contribution is -0.140. The third-order valence-corrected chi connectivity index (χ3v) is 2.29. The maximum atomic E-state index is 13.0. The molecule has 17 heavy (non-hydrogen) atoms. The average Bonchev–Trinajstić information content (AvgIpc) is 2.15. The highest BCUT2D eigenvalue weighted by molar-refractivity contribution is 5.29. The fourth-order valence-electron chi connectivity index (χ4n) is 1.48. The summed E-state index contributed by atoms with van der Waals surface area (Å²) in [6, 6.07) is 2.20. The monoisotopic (exact) mass is 247 g/mol. The summed E-state index contributed by atoms with van der Waals surface area (Å²) in [6.45, 7) is 5.36. The molecule has 0 aromatic heterocycles. The molecule has 0 bridgehead atoms. The molecule has 0 heterocycles. The number of alkyl halides is 3. The number of halogens is 4. The van der Waals surface area contributed by atoms with Crippen LogP contribution < -0.4 is 5.73 Å². The van der Waals surface area contributed by atoms with Crippen molar-refractivity contribution in [3.63, 3.8) is 0 Å². The van der Waals surface area contributed by atoms with E-state index in [0.29, 0.717) is 6.42 Å². The molecule has 0 saturated carbocycles. The summed E-state index contributed by atoms with van der Waals surface area (Å²) in [5.41, 5.74) is 5.43. The van der Waals surface area contributed by atoms with Gasteiger partial charge in [0.05, 0.1) is 5.56 Å². The molecule has 2 N–H and O–H groups in total. The normalized spacial score (nSPS) is 13.5. The highest BCUT2D eigenvalue weighted by atomic mass is 19.4. The van der Waals surface area contributed by atoms with Gasteiger partial charge >= 0.3 is 6.18 Å². The van der Waals surface area contributed by atoms with Gasteiger partial charge in [-0.1, -0.05) is 11.6 Å². The molecule has 0 aliphatic heterocycles. The molecule has 0 saturated heterocycles. The molecule has 1 atom stereocenters. The van der Waals surface area contributed by atoms with Crippen molar-refractivity contribution in [3.8, 4) is 0 Å². The van der Waals surface area contributed by atoms with E-state index in [9.17, 15) is 17.6 Å². The molecule has 1 nitrogen and oxygen atoms in total. The number of nitrogens with two attached hydrogens (primary N) is 1. The van der Waals surface area contributed by atoms with E-state index in [1.165, 1.54) is 6.07 Å². The molecule has 0 radical (unpaired) electrons. The van der Waals surface area contributed by atoms with Crippen LogP contribution in [0, 0.1) is 5.82 Å². The van der Waals surface area contributed by atoms with Crippen LogP contribution in [0.4, 0.5) is 17.6 Å². The first-order valence-corrected chi connectivity index (χ1v) is 4.98. The van der Waals surface area contributed by atoms with Crippen molar-refractivity contribution in [2.45, 2.75) is 25.6 Å². The molecule has 1 rings (SSSR count). The minimum atomic E-state index is -4.71. The first-order valence-electron chi connectivity index (χ1n) is 4.98. The molecular formula is C12H13F4N. The van der Waals surface area contributed by atoms with Gasteiger partial charge in [0.2, 0.25) is 0 Å². The van der Waals surface area contributed by atoms with E-state index in [4.69, 9.17) is 5.73 Å². The van der Waals surface area contributed by atoms with Gasteiger partial charge in [0.25, 0.3) is 0 Å². The number of hydrogen-bond acceptors (Lipinski definition) is 1. The zero-order chi connectivity index (χ0) is 13.2. The molecule has 0 aliphatic carbocycles. The van der Waals surface area contributed by atoms with Gasteiger partial charge in [-0.15, -0.1) is 6.58 Å². The van der Waals surface area contributed by atoms with E-state index in [2.05, 4.69) is 6.58 Å². The molecule has 0 aliphatic rings. The van der Waals surface area contributed by atoms with Crippen LogP contribution in [0.3, 0.4) is 0 Å². The molecule has 1 unspecified atom stereocenters. The van der Waals surface area contributed by atoms with Gasteiger partial charge in [0.15, 0.2) is 0 Å². The van der Waals surface area contributed by atoms with E-state index in [-0.39, 0.29) is 5.56 Å². The molecule has 0 fully saturated rings. The molecule has 1 aromatic rings. The lowest BCUT2D eigenvalue weighted by Gasteiger charge is -2.15. The largest absolute Gasteiger partial charge is 0.419 e. The van der Waals surface area contributed by atoms with E-state index >= 15 is 0 Å². The van der Waals surface area contributed by atoms with Crippen molar-refractivity contribution >= 4 is 0 Å². The van der Waals surface area contributed by atoms with E-state index < -0.39 is 23.6 Å². The first-order chi connectivity index (χ1) is 7.71. The lowest BCUT2D eigenvalue weighted by atomic mass is 9.99. The smallest absolute Gasteiger partial charge is 0.324 e. The second-order valence-corrected chi connectivity index (χ2v) is 4.00. The summed E-state index contributed by atoms with van der Waals surface area (Å²) < 4.78 is 50.4. The number of benzene rings is 1. The van der Waals surface area contributed by atoms with Crippen molar-refractivity contribution < 1.29 is 17.6 Å². The Hall–Kier alpha value is -1.36. The molecule has 5 heteroatoms. The van der Waals surface area contributed by atoms with E-state index in [0.717, 1.165) is 17.7 Å². The summed E-state index contributed by atoms with van der Waals surface area (Å²) in [5.74, 6) is -1.29. The van der Waals surface area contributed by atoms with Crippen molar-refractivity contribution in [1.29, 1.82) is 0 Å². The Balaban J connectivity index is 3.08. The number of rotatable bonds is 3. The predicted octanol–water partition coefficient (Wildman–Crippen LogP) is 3.81. The summed E-state index contributed by atoms with van der Waals surface area (Å²) in [7, 11) is 0. The van der Waals surface area contributed by atoms with Crippen molar-refractivity contribution in [3.05, 3.63) is 47.3 Å². The van der Waals surface area contributed by atoms with Crippen LogP contribution in [0.2, 0.25) is 0 Å². The van der Waals surface area contributed by atoms with Crippen LogP contribution in [-0.4, -0.2) is 0 Å². The van der Waals surface area contributed by atoms with Gasteiger partial charge < -0.3 is 5.73 Å². The zero-order valence-corrected chi connectivity index (χ0v) is 9.31. The summed E-state index contributed by atoms with van der Waals surface area (Å²) >= 11 is 0. The average molecular weight is 247 g/mol. The molecule has 94 valence electrons. The van der Waals surface area contributed by atoms with E-state index in [1.54, 1.807) is 6.92 Å². The second kappa shape index (κ2) is 4.87. The Bertz CT molecular complexity index is 423. The molecule has 1 aromatic carbocycles. The zero-order valence-electron chi connectivity index (χ0n) is 9.31. The summed E-state index contributed by atoms with van der Waals surface area (Å²) in [4.78, 5) is 0. The fraction of sp³-hybridized carbons (Fsp3) is 0.333. The second-order valence-electron chi connectivity index (χ2n) is 4.00. The Morgan fingerprint density at radius 1 is 1.41 bits per heavy atom. The lowest BCUT2D eigenvalue weighted by Crippen LogP contribution is -2.14. The predicted molar refractivity (Wildman–Crippen MR) is 57.8 cm³/mol. The minimum Gasteiger partial charge on any atom is -0.324 e. The van der Waals surface area contributed by atoms with Crippen LogP contribution in [0.25, 0.3) is 0 Å². The van der Waals surface area contributed by atoms with Crippen molar-refractivity contribution in [2.75, 3.05) is 0 Å². The highest BCUT2D eigenvalue weighted by Gasteiger charge is 2.34. The Kier molecular flexibility index (Phi) is 3.93. The van der Waals surface area contributed by atoms with Crippen molar-refractivity contribution in [2.24, 2.45) is 5.73 Å². The van der Waals surface area contributed by atoms with Crippen LogP contribution in [0.15, 0.2) is 30.4 Å². The van der Waals surface area contributed by atoms with Crippen molar-refractivity contribution in [1.82, 2.24) is 0 Å². The van der Waals surface area contributed by atoms with Gasteiger partial charge in [-0.2, -0.15) is 13.2 Å². The standard InChI is InChI=1S/C12H13F4N/c1-7(2)5-11(17)8-3-4-10(13)9(6-8)12(14,15)16/h3-4,6,11H,1,5,17H2,2H3. The van der Waals surface area contributed by atoms with Crippen LogP contribution >= 0.6 is 0 Å². The van der Waals surface area contributed by atoms with Gasteiger partial charge in [0.1, 0.15) is 5.82 Å². The first kappa shape index (κ1) is 13.7. The van der Waals surface area contributed by atoms with Gasteiger partial charge in [-0.05, 0) is 31.0 Å². The maximum absolute atomic E-state index is 13.0. The van der Waals surface area contributed by atoms with Crippen LogP contribution in [-0.2, 0) is 6.18 Å². The molecule has 0 spiro atoms. The van der Waals surface area contributed by atoms with E-state index in [1.807, 2.05) is 0 Å². The molecule has 0 amide bonds. The third kappa shape index (κ3) is 3.56. The summed E-state index contributed by atoms with van der Waals surface area (Å²) in [5, 5.41) is 0. The fourth-order valence-corrected chi connectivity index (χ4v) is 1.48. The summed E-state index contributed by atoms with van der Waals surface area (Å²) in [6.07, 6.45) is -4.34. The van der Waals surface area contributed by atoms with Gasteiger partial charge in [0, 0.05) is 6.04 Å². The quantitative estimate of drug-likeness (QED) is 0.638.